The lowest BCUT2D eigenvalue weighted by Crippen LogP contribution is -2.05. The second-order valence-electron chi connectivity index (χ2n) is 4.02. The lowest BCUT2D eigenvalue weighted by molar-refractivity contribution is 0.0970. The average molecular weight is 191 g/mol. The van der Waals surface area contributed by atoms with E-state index in [0.29, 0.717) is 18.0 Å². The molecule has 76 valence electrons. The zero-order valence-corrected chi connectivity index (χ0v) is 9.08. The predicted octanol–water partition coefficient (Wildman–Crippen LogP) is 3.01. The predicted molar refractivity (Wildman–Crippen MR) is 57.4 cm³/mol. The zero-order chi connectivity index (χ0) is 10.6. The van der Waals surface area contributed by atoms with Crippen molar-refractivity contribution >= 4 is 5.78 Å². The first-order valence-corrected chi connectivity index (χ1v) is 5.06. The van der Waals surface area contributed by atoms with E-state index >= 15 is 0 Å². The molecule has 0 fully saturated rings. The minimum atomic E-state index is 0.164. The summed E-state index contributed by atoms with van der Waals surface area (Å²) in [5.41, 5.74) is 1.61. The van der Waals surface area contributed by atoms with Gasteiger partial charge in [0.15, 0.2) is 5.78 Å². The summed E-state index contributed by atoms with van der Waals surface area (Å²) in [6.07, 6.45) is 3.22. The van der Waals surface area contributed by atoms with Gasteiger partial charge in [-0.2, -0.15) is 0 Å². The number of carbonyl (C=O) groups excluding carboxylic acids is 1. The Morgan fingerprint density at radius 1 is 1.50 bits per heavy atom. The van der Waals surface area contributed by atoms with Crippen LogP contribution in [0.1, 0.15) is 42.7 Å². The van der Waals surface area contributed by atoms with Crippen molar-refractivity contribution in [1.82, 2.24) is 4.98 Å². The summed E-state index contributed by atoms with van der Waals surface area (Å²) in [4.78, 5) is 15.8. The van der Waals surface area contributed by atoms with Crippen molar-refractivity contribution in [3.63, 3.8) is 0 Å². The van der Waals surface area contributed by atoms with Gasteiger partial charge in [-0.15, -0.1) is 0 Å². The molecule has 2 heteroatoms. The topological polar surface area (TPSA) is 30.0 Å². The summed E-state index contributed by atoms with van der Waals surface area (Å²) in [6.45, 7) is 6.17. The Balaban J connectivity index is 2.65. The maximum absolute atomic E-state index is 11.7. The Hall–Kier alpha value is -1.18. The summed E-state index contributed by atoms with van der Waals surface area (Å²) >= 11 is 0. The zero-order valence-electron chi connectivity index (χ0n) is 9.08. The number of nitrogens with zero attached hydrogens (tertiary/aromatic N) is 1. The molecular formula is C12H17NO. The van der Waals surface area contributed by atoms with Gasteiger partial charge in [0.1, 0.15) is 5.69 Å². The molecule has 0 aliphatic carbocycles. The average Bonchev–Trinajstić information content (AvgIpc) is 2.15. The van der Waals surface area contributed by atoms with Gasteiger partial charge in [0.25, 0.3) is 0 Å². The Kier molecular flexibility index (Phi) is 3.81. The Morgan fingerprint density at radius 2 is 2.21 bits per heavy atom. The molecular weight excluding hydrogens is 174 g/mol. The number of ketones is 1. The number of Topliss-reactive ketones (excluding diaryl/α,β-unsaturated/α-hetero) is 1. The molecule has 0 aliphatic heterocycles. The highest BCUT2D eigenvalue weighted by atomic mass is 16.1. The summed E-state index contributed by atoms with van der Waals surface area (Å²) < 4.78 is 0. The minimum absolute atomic E-state index is 0.164. The van der Waals surface area contributed by atoms with Crippen molar-refractivity contribution in [2.24, 2.45) is 5.92 Å². The summed E-state index contributed by atoms with van der Waals surface area (Å²) in [5.74, 6) is 0.736. The molecule has 2 nitrogen and oxygen atoms in total. The highest BCUT2D eigenvalue weighted by Crippen LogP contribution is 2.11. The summed E-state index contributed by atoms with van der Waals surface area (Å²) in [7, 11) is 0. The van der Waals surface area contributed by atoms with Gasteiger partial charge in [-0.1, -0.05) is 19.9 Å². The van der Waals surface area contributed by atoms with Crippen LogP contribution in [0.25, 0.3) is 0 Å². The van der Waals surface area contributed by atoms with Crippen molar-refractivity contribution in [3.05, 3.63) is 29.6 Å². The van der Waals surface area contributed by atoms with E-state index in [0.717, 1.165) is 12.0 Å². The van der Waals surface area contributed by atoms with Crippen LogP contribution in [0.4, 0.5) is 0 Å². The van der Waals surface area contributed by atoms with Crippen LogP contribution in [-0.2, 0) is 0 Å². The molecule has 0 atom stereocenters. The van der Waals surface area contributed by atoms with E-state index < -0.39 is 0 Å². The monoisotopic (exact) mass is 191 g/mol. The molecule has 1 aromatic heterocycles. The highest BCUT2D eigenvalue weighted by molar-refractivity contribution is 5.95. The van der Waals surface area contributed by atoms with Gasteiger partial charge in [0.05, 0.1) is 0 Å². The maximum atomic E-state index is 11.7. The number of hydrogen-bond donors (Lipinski definition) is 0. The van der Waals surface area contributed by atoms with Crippen LogP contribution < -0.4 is 0 Å². The molecule has 14 heavy (non-hydrogen) atoms. The van der Waals surface area contributed by atoms with Gasteiger partial charge in [-0.3, -0.25) is 9.78 Å². The number of rotatable bonds is 4. The number of carbonyl (C=O) groups is 1. The first-order valence-electron chi connectivity index (χ1n) is 5.06. The third-order valence-electron chi connectivity index (χ3n) is 2.22. The van der Waals surface area contributed by atoms with Gasteiger partial charge in [-0.05, 0) is 30.9 Å². The quantitative estimate of drug-likeness (QED) is 0.685. The van der Waals surface area contributed by atoms with Crippen LogP contribution in [0.15, 0.2) is 18.3 Å². The third-order valence-corrected chi connectivity index (χ3v) is 2.22. The first kappa shape index (κ1) is 10.9. The smallest absolute Gasteiger partial charge is 0.181 e. The lowest BCUT2D eigenvalue weighted by atomic mass is 10.0. The highest BCUT2D eigenvalue weighted by Gasteiger charge is 2.10. The van der Waals surface area contributed by atoms with E-state index in [-0.39, 0.29) is 5.78 Å². The van der Waals surface area contributed by atoms with Crippen LogP contribution in [0.5, 0.6) is 0 Å². The van der Waals surface area contributed by atoms with Crippen LogP contribution in [0.3, 0.4) is 0 Å². The molecule has 0 spiro atoms. The molecule has 0 unspecified atom stereocenters. The van der Waals surface area contributed by atoms with Gasteiger partial charge in [0, 0.05) is 12.6 Å². The van der Waals surface area contributed by atoms with E-state index in [9.17, 15) is 4.79 Å². The largest absolute Gasteiger partial charge is 0.292 e. The van der Waals surface area contributed by atoms with Crippen LogP contribution in [-0.4, -0.2) is 10.8 Å². The van der Waals surface area contributed by atoms with Crippen LogP contribution in [0, 0.1) is 12.8 Å². The summed E-state index contributed by atoms with van der Waals surface area (Å²) in [6, 6.07) is 3.78. The second kappa shape index (κ2) is 4.89. The molecule has 1 heterocycles. The molecule has 0 saturated carbocycles. The standard InChI is InChI=1S/C12H17NO/c1-9(2)6-7-11(14)12-10(3)5-4-8-13-12/h4-5,8-9H,6-7H2,1-3H3. The second-order valence-corrected chi connectivity index (χ2v) is 4.02. The number of aromatic nitrogens is 1. The molecule has 0 aromatic carbocycles. The molecule has 0 saturated heterocycles. The van der Waals surface area contributed by atoms with E-state index in [2.05, 4.69) is 18.8 Å². The van der Waals surface area contributed by atoms with E-state index in [1.807, 2.05) is 19.1 Å². The van der Waals surface area contributed by atoms with E-state index in [4.69, 9.17) is 0 Å². The van der Waals surface area contributed by atoms with Gasteiger partial charge >= 0.3 is 0 Å². The van der Waals surface area contributed by atoms with Gasteiger partial charge in [0.2, 0.25) is 0 Å². The molecule has 0 aliphatic rings. The molecule has 1 aromatic rings. The Labute approximate surface area is 85.4 Å². The number of aryl methyl sites for hydroxylation is 1. The fourth-order valence-corrected chi connectivity index (χ4v) is 1.32. The molecule has 0 N–H and O–H groups in total. The van der Waals surface area contributed by atoms with Crippen molar-refractivity contribution in [1.29, 1.82) is 0 Å². The van der Waals surface area contributed by atoms with E-state index in [1.54, 1.807) is 6.20 Å². The van der Waals surface area contributed by atoms with Gasteiger partial charge < -0.3 is 0 Å². The minimum Gasteiger partial charge on any atom is -0.292 e. The molecule has 0 amide bonds. The Morgan fingerprint density at radius 3 is 2.79 bits per heavy atom. The van der Waals surface area contributed by atoms with E-state index in [1.165, 1.54) is 0 Å². The number of pyridine rings is 1. The van der Waals surface area contributed by atoms with Crippen molar-refractivity contribution in [3.8, 4) is 0 Å². The normalized spacial score (nSPS) is 10.6. The molecule has 1 rings (SSSR count). The van der Waals surface area contributed by atoms with Crippen molar-refractivity contribution in [2.45, 2.75) is 33.6 Å². The van der Waals surface area contributed by atoms with Gasteiger partial charge in [-0.25, -0.2) is 0 Å². The maximum Gasteiger partial charge on any atom is 0.181 e. The fourth-order valence-electron chi connectivity index (χ4n) is 1.32. The summed E-state index contributed by atoms with van der Waals surface area (Å²) in [5, 5.41) is 0. The SMILES string of the molecule is Cc1cccnc1C(=O)CCC(C)C. The molecule has 0 radical (unpaired) electrons. The van der Waals surface area contributed by atoms with Crippen LogP contribution >= 0.6 is 0 Å². The molecule has 0 bridgehead atoms. The third kappa shape index (κ3) is 2.95. The Bertz CT molecular complexity index is 318. The van der Waals surface area contributed by atoms with Crippen LogP contribution in [0.2, 0.25) is 0 Å². The number of hydrogen-bond acceptors (Lipinski definition) is 2. The van der Waals surface area contributed by atoms with Crippen molar-refractivity contribution in [2.75, 3.05) is 0 Å². The fraction of sp³-hybridized carbons (Fsp3) is 0.500. The first-order chi connectivity index (χ1) is 6.61. The van der Waals surface area contributed by atoms with Crippen molar-refractivity contribution < 1.29 is 4.79 Å². The lowest BCUT2D eigenvalue weighted by Gasteiger charge is -2.05.